The highest BCUT2D eigenvalue weighted by Gasteiger charge is 2.38. The van der Waals surface area contributed by atoms with Crippen molar-refractivity contribution in [1.82, 2.24) is 10.1 Å². The summed E-state index contributed by atoms with van der Waals surface area (Å²) < 4.78 is 11.2. The molecule has 6 heteroatoms. The average molecular weight is 370 g/mol. The van der Waals surface area contributed by atoms with Crippen LogP contribution in [-0.4, -0.2) is 10.1 Å². The van der Waals surface area contributed by atoms with Gasteiger partial charge in [0, 0.05) is 5.02 Å². The van der Waals surface area contributed by atoms with Gasteiger partial charge in [-0.1, -0.05) is 41.0 Å². The number of nitrogens with two attached hydrogens (primary N) is 1. The van der Waals surface area contributed by atoms with Gasteiger partial charge in [0.1, 0.15) is 12.4 Å². The van der Waals surface area contributed by atoms with E-state index in [1.807, 2.05) is 48.5 Å². The highest BCUT2D eigenvalue weighted by atomic mass is 35.5. The quantitative estimate of drug-likeness (QED) is 0.703. The Morgan fingerprint density at radius 1 is 1.12 bits per heavy atom. The molecule has 0 amide bonds. The Balaban J connectivity index is 1.40. The predicted octanol–water partition coefficient (Wildman–Crippen LogP) is 4.23. The molecule has 1 fully saturated rings. The van der Waals surface area contributed by atoms with E-state index in [0.717, 1.165) is 41.2 Å². The Kier molecular flexibility index (Phi) is 4.66. The number of ether oxygens (including phenoxy) is 1. The first-order chi connectivity index (χ1) is 12.6. The molecule has 3 aromatic rings. The number of hydrogen-bond acceptors (Lipinski definition) is 5. The summed E-state index contributed by atoms with van der Waals surface area (Å²) in [6.07, 6.45) is 3.51. The lowest BCUT2D eigenvalue weighted by Gasteiger charge is -2.34. The molecule has 2 N–H and O–H groups in total. The SMILES string of the molecule is NC1(c2noc(Cc3cccc(OCc4ccc(Cl)cc4)c3)n2)CCC1. The maximum absolute atomic E-state index is 6.25. The summed E-state index contributed by atoms with van der Waals surface area (Å²) in [5.41, 5.74) is 7.96. The normalized spacial score (nSPS) is 15.5. The van der Waals surface area contributed by atoms with Crippen LogP contribution in [0.5, 0.6) is 5.75 Å². The number of benzene rings is 2. The molecule has 1 aliphatic carbocycles. The summed E-state index contributed by atoms with van der Waals surface area (Å²) >= 11 is 5.90. The van der Waals surface area contributed by atoms with E-state index < -0.39 is 5.54 Å². The Morgan fingerprint density at radius 2 is 1.92 bits per heavy atom. The maximum atomic E-state index is 6.25. The third-order valence-electron chi connectivity index (χ3n) is 4.73. The summed E-state index contributed by atoms with van der Waals surface area (Å²) in [6, 6.07) is 15.5. The summed E-state index contributed by atoms with van der Waals surface area (Å²) in [5.74, 6) is 1.99. The summed E-state index contributed by atoms with van der Waals surface area (Å²) in [4.78, 5) is 4.47. The topological polar surface area (TPSA) is 74.2 Å². The first-order valence-corrected chi connectivity index (χ1v) is 9.07. The zero-order chi connectivity index (χ0) is 18.0. The zero-order valence-corrected chi connectivity index (χ0v) is 15.1. The van der Waals surface area contributed by atoms with Gasteiger partial charge in [-0.25, -0.2) is 0 Å². The van der Waals surface area contributed by atoms with Gasteiger partial charge in [-0.3, -0.25) is 0 Å². The van der Waals surface area contributed by atoms with E-state index in [2.05, 4.69) is 10.1 Å². The van der Waals surface area contributed by atoms with Crippen LogP contribution in [-0.2, 0) is 18.6 Å². The van der Waals surface area contributed by atoms with Gasteiger partial charge in [0.15, 0.2) is 5.82 Å². The van der Waals surface area contributed by atoms with Crippen LogP contribution in [0.1, 0.15) is 42.1 Å². The third kappa shape index (κ3) is 3.74. The third-order valence-corrected chi connectivity index (χ3v) is 4.98. The molecule has 0 aliphatic heterocycles. The summed E-state index contributed by atoms with van der Waals surface area (Å²) in [5, 5.41) is 4.78. The minimum atomic E-state index is -0.398. The van der Waals surface area contributed by atoms with Gasteiger partial charge in [0.05, 0.1) is 12.0 Å². The molecule has 5 nitrogen and oxygen atoms in total. The van der Waals surface area contributed by atoms with Crippen LogP contribution in [0.2, 0.25) is 5.02 Å². The van der Waals surface area contributed by atoms with Crippen molar-refractivity contribution in [1.29, 1.82) is 0 Å². The fourth-order valence-electron chi connectivity index (χ4n) is 2.98. The Bertz CT molecular complexity index is 888. The molecule has 2 aromatic carbocycles. The van der Waals surface area contributed by atoms with E-state index in [-0.39, 0.29) is 0 Å². The molecule has 1 heterocycles. The highest BCUT2D eigenvalue weighted by molar-refractivity contribution is 6.30. The van der Waals surface area contributed by atoms with Gasteiger partial charge in [-0.2, -0.15) is 4.98 Å². The summed E-state index contributed by atoms with van der Waals surface area (Å²) in [7, 11) is 0. The molecule has 1 aliphatic rings. The molecule has 1 aromatic heterocycles. The molecule has 134 valence electrons. The van der Waals surface area contributed by atoms with Crippen molar-refractivity contribution in [2.45, 2.75) is 37.8 Å². The standard InChI is InChI=1S/C20H20ClN3O2/c21-16-7-5-14(6-8-16)13-25-17-4-1-3-15(11-17)12-18-23-19(24-26-18)20(22)9-2-10-20/h1,3-8,11H,2,9-10,12-13,22H2. The first kappa shape index (κ1) is 17.1. The molecular formula is C20H20ClN3O2. The van der Waals surface area contributed by atoms with Gasteiger partial charge >= 0.3 is 0 Å². The van der Waals surface area contributed by atoms with E-state index in [4.69, 9.17) is 26.6 Å². The highest BCUT2D eigenvalue weighted by Crippen LogP contribution is 2.37. The Morgan fingerprint density at radius 3 is 2.65 bits per heavy atom. The molecule has 0 atom stereocenters. The van der Waals surface area contributed by atoms with Crippen molar-refractivity contribution in [3.63, 3.8) is 0 Å². The molecule has 0 bridgehead atoms. The summed E-state index contributed by atoms with van der Waals surface area (Å²) in [6.45, 7) is 0.487. The molecule has 26 heavy (non-hydrogen) atoms. The first-order valence-electron chi connectivity index (χ1n) is 8.69. The van der Waals surface area contributed by atoms with Gasteiger partial charge < -0.3 is 15.0 Å². The fraction of sp³-hybridized carbons (Fsp3) is 0.300. The number of halogens is 1. The second kappa shape index (κ2) is 7.09. The molecular weight excluding hydrogens is 350 g/mol. The van der Waals surface area contributed by atoms with Crippen LogP contribution in [0.4, 0.5) is 0 Å². The van der Waals surface area contributed by atoms with Gasteiger partial charge in [-0.15, -0.1) is 0 Å². The van der Waals surface area contributed by atoms with Crippen molar-refractivity contribution < 1.29 is 9.26 Å². The van der Waals surface area contributed by atoms with E-state index in [0.29, 0.717) is 24.7 Å². The largest absolute Gasteiger partial charge is 0.489 e. The monoisotopic (exact) mass is 369 g/mol. The van der Waals surface area contributed by atoms with E-state index in [1.165, 1.54) is 0 Å². The molecule has 0 saturated heterocycles. The van der Waals surface area contributed by atoms with E-state index in [9.17, 15) is 0 Å². The number of aromatic nitrogens is 2. The second-order valence-corrected chi connectivity index (χ2v) is 7.20. The van der Waals surface area contributed by atoms with Crippen LogP contribution in [0.3, 0.4) is 0 Å². The fourth-order valence-corrected chi connectivity index (χ4v) is 3.10. The molecule has 0 unspecified atom stereocenters. The lowest BCUT2D eigenvalue weighted by molar-refractivity contribution is 0.229. The average Bonchev–Trinajstić information content (AvgIpc) is 3.08. The second-order valence-electron chi connectivity index (χ2n) is 6.76. The number of nitrogens with zero attached hydrogens (tertiary/aromatic N) is 2. The minimum Gasteiger partial charge on any atom is -0.489 e. The number of rotatable bonds is 6. The van der Waals surface area contributed by atoms with Crippen LogP contribution in [0.25, 0.3) is 0 Å². The molecule has 0 spiro atoms. The van der Waals surface area contributed by atoms with Gasteiger partial charge in [-0.05, 0) is 54.7 Å². The van der Waals surface area contributed by atoms with Crippen molar-refractivity contribution in [2.75, 3.05) is 0 Å². The lowest BCUT2D eigenvalue weighted by atomic mass is 9.77. The smallest absolute Gasteiger partial charge is 0.231 e. The van der Waals surface area contributed by atoms with Crippen molar-refractivity contribution in [3.05, 3.63) is 76.4 Å². The predicted molar refractivity (Wildman–Crippen MR) is 99.0 cm³/mol. The molecule has 4 rings (SSSR count). The molecule has 0 radical (unpaired) electrons. The maximum Gasteiger partial charge on any atom is 0.231 e. The number of hydrogen-bond donors (Lipinski definition) is 1. The van der Waals surface area contributed by atoms with Crippen LogP contribution >= 0.6 is 11.6 Å². The van der Waals surface area contributed by atoms with Crippen molar-refractivity contribution >= 4 is 11.6 Å². The lowest BCUT2D eigenvalue weighted by Crippen LogP contribution is -2.44. The van der Waals surface area contributed by atoms with E-state index in [1.54, 1.807) is 0 Å². The van der Waals surface area contributed by atoms with Gasteiger partial charge in [0.25, 0.3) is 0 Å². The van der Waals surface area contributed by atoms with Crippen LogP contribution < -0.4 is 10.5 Å². The van der Waals surface area contributed by atoms with Crippen molar-refractivity contribution in [3.8, 4) is 5.75 Å². The van der Waals surface area contributed by atoms with Crippen LogP contribution in [0, 0.1) is 0 Å². The Hall–Kier alpha value is -2.37. The van der Waals surface area contributed by atoms with Crippen LogP contribution in [0.15, 0.2) is 53.1 Å². The minimum absolute atomic E-state index is 0.398. The van der Waals surface area contributed by atoms with Crippen molar-refractivity contribution in [2.24, 2.45) is 5.73 Å². The van der Waals surface area contributed by atoms with Gasteiger partial charge in [0.2, 0.25) is 5.89 Å². The van der Waals surface area contributed by atoms with E-state index >= 15 is 0 Å². The Labute approximate surface area is 157 Å². The zero-order valence-electron chi connectivity index (χ0n) is 14.3. The molecule has 1 saturated carbocycles.